The first kappa shape index (κ1) is 18.0. The Hall–Kier alpha value is -2.79. The highest BCUT2D eigenvalue weighted by Crippen LogP contribution is 2.22. The Labute approximate surface area is 157 Å². The van der Waals surface area contributed by atoms with E-state index in [2.05, 4.69) is 10.4 Å². The molecule has 0 bridgehead atoms. The molecule has 5 nitrogen and oxygen atoms in total. The Morgan fingerprint density at radius 3 is 2.69 bits per heavy atom. The van der Waals surface area contributed by atoms with E-state index in [-0.39, 0.29) is 12.6 Å². The molecule has 3 rings (SSSR count). The summed E-state index contributed by atoms with van der Waals surface area (Å²) in [4.78, 5) is 12.4. The molecule has 1 aromatic heterocycles. The molecular weight excluding hydrogens is 350 g/mol. The zero-order valence-corrected chi connectivity index (χ0v) is 15.7. The number of benzene rings is 2. The molecule has 1 N–H and O–H groups in total. The maximum atomic E-state index is 12.4. The molecule has 0 fully saturated rings. The van der Waals surface area contributed by atoms with Crippen LogP contribution in [0.3, 0.4) is 0 Å². The van der Waals surface area contributed by atoms with Crippen LogP contribution in [0, 0.1) is 20.8 Å². The second-order valence-electron chi connectivity index (χ2n) is 6.20. The molecule has 0 atom stereocenters. The van der Waals surface area contributed by atoms with Crippen LogP contribution in [-0.4, -0.2) is 15.7 Å². The average molecular weight is 370 g/mol. The number of nitrogens with one attached hydrogen (secondary N) is 1. The molecule has 0 unspecified atom stereocenters. The quantitative estimate of drug-likeness (QED) is 0.706. The third-order valence-electron chi connectivity index (χ3n) is 4.00. The number of aromatic nitrogens is 2. The van der Waals surface area contributed by atoms with Gasteiger partial charge in [-0.3, -0.25) is 4.79 Å². The SMILES string of the molecule is Cc1ccc(C)c(NC(=O)c2ccn(COc3ccc(Cl)cc3C)n2)c1. The van der Waals surface area contributed by atoms with Gasteiger partial charge in [-0.2, -0.15) is 5.10 Å². The fourth-order valence-corrected chi connectivity index (χ4v) is 2.75. The van der Waals surface area contributed by atoms with Crippen LogP contribution in [0.25, 0.3) is 0 Å². The van der Waals surface area contributed by atoms with Crippen molar-refractivity contribution in [3.05, 3.63) is 76.1 Å². The van der Waals surface area contributed by atoms with E-state index < -0.39 is 0 Å². The molecule has 1 amide bonds. The number of hydrogen-bond donors (Lipinski definition) is 1. The number of halogens is 1. The lowest BCUT2D eigenvalue weighted by molar-refractivity contribution is 0.102. The summed E-state index contributed by atoms with van der Waals surface area (Å²) < 4.78 is 7.31. The predicted molar refractivity (Wildman–Crippen MR) is 103 cm³/mol. The molecule has 6 heteroatoms. The summed E-state index contributed by atoms with van der Waals surface area (Å²) in [5.74, 6) is 0.478. The van der Waals surface area contributed by atoms with Crippen molar-refractivity contribution in [3.63, 3.8) is 0 Å². The first-order chi connectivity index (χ1) is 12.4. The minimum absolute atomic E-state index is 0.208. The lowest BCUT2D eigenvalue weighted by Crippen LogP contribution is -2.15. The van der Waals surface area contributed by atoms with Crippen LogP contribution < -0.4 is 10.1 Å². The molecule has 0 saturated heterocycles. The van der Waals surface area contributed by atoms with E-state index in [1.807, 2.05) is 51.1 Å². The molecule has 26 heavy (non-hydrogen) atoms. The van der Waals surface area contributed by atoms with E-state index in [0.29, 0.717) is 10.7 Å². The number of aryl methyl sites for hydroxylation is 3. The molecular formula is C20H20ClN3O2. The fraction of sp³-hybridized carbons (Fsp3) is 0.200. The maximum absolute atomic E-state index is 12.4. The highest BCUT2D eigenvalue weighted by Gasteiger charge is 2.11. The van der Waals surface area contributed by atoms with Gasteiger partial charge in [-0.05, 0) is 67.8 Å². The Bertz CT molecular complexity index is 950. The van der Waals surface area contributed by atoms with E-state index in [0.717, 1.165) is 28.1 Å². The summed E-state index contributed by atoms with van der Waals surface area (Å²) in [6, 6.07) is 13.0. The summed E-state index contributed by atoms with van der Waals surface area (Å²) in [6.07, 6.45) is 1.71. The van der Waals surface area contributed by atoms with Crippen LogP contribution in [0.4, 0.5) is 5.69 Å². The standard InChI is InChI=1S/C20H20ClN3O2/c1-13-4-5-14(2)18(10-13)22-20(25)17-8-9-24(23-17)12-26-19-7-6-16(21)11-15(19)3/h4-11H,12H2,1-3H3,(H,22,25). The minimum atomic E-state index is -0.250. The van der Waals surface area contributed by atoms with Gasteiger partial charge in [-0.15, -0.1) is 0 Å². The van der Waals surface area contributed by atoms with Crippen molar-refractivity contribution in [1.29, 1.82) is 0 Å². The molecule has 3 aromatic rings. The molecule has 1 heterocycles. The van der Waals surface area contributed by atoms with Crippen LogP contribution in [-0.2, 0) is 6.73 Å². The first-order valence-electron chi connectivity index (χ1n) is 8.23. The number of rotatable bonds is 5. The largest absolute Gasteiger partial charge is 0.471 e. The van der Waals surface area contributed by atoms with E-state index in [1.165, 1.54) is 0 Å². The van der Waals surface area contributed by atoms with Gasteiger partial charge in [-0.1, -0.05) is 23.7 Å². The van der Waals surface area contributed by atoms with Crippen molar-refractivity contribution in [3.8, 4) is 5.75 Å². The van der Waals surface area contributed by atoms with Gasteiger partial charge in [-0.25, -0.2) is 4.68 Å². The number of carbonyl (C=O) groups excluding carboxylic acids is 1. The van der Waals surface area contributed by atoms with Crippen molar-refractivity contribution in [2.75, 3.05) is 5.32 Å². The van der Waals surface area contributed by atoms with Crippen molar-refractivity contribution < 1.29 is 9.53 Å². The van der Waals surface area contributed by atoms with E-state index in [4.69, 9.17) is 16.3 Å². The number of nitrogens with zero attached hydrogens (tertiary/aromatic N) is 2. The van der Waals surface area contributed by atoms with Gasteiger partial charge in [0.25, 0.3) is 5.91 Å². The summed E-state index contributed by atoms with van der Waals surface area (Å²) >= 11 is 5.94. The second-order valence-corrected chi connectivity index (χ2v) is 6.63. The van der Waals surface area contributed by atoms with Gasteiger partial charge < -0.3 is 10.1 Å². The lowest BCUT2D eigenvalue weighted by Gasteiger charge is -2.09. The van der Waals surface area contributed by atoms with Crippen molar-refractivity contribution in [1.82, 2.24) is 9.78 Å². The highest BCUT2D eigenvalue weighted by molar-refractivity contribution is 6.30. The van der Waals surface area contributed by atoms with Gasteiger partial charge in [0.1, 0.15) is 5.75 Å². The molecule has 0 spiro atoms. The summed E-state index contributed by atoms with van der Waals surface area (Å²) in [6.45, 7) is 6.07. The minimum Gasteiger partial charge on any atom is -0.471 e. The topological polar surface area (TPSA) is 56.2 Å². The van der Waals surface area contributed by atoms with Gasteiger partial charge in [0.05, 0.1) is 0 Å². The number of hydrogen-bond acceptors (Lipinski definition) is 3. The van der Waals surface area contributed by atoms with Crippen LogP contribution >= 0.6 is 11.6 Å². The Morgan fingerprint density at radius 2 is 1.92 bits per heavy atom. The van der Waals surface area contributed by atoms with Crippen molar-refractivity contribution in [2.45, 2.75) is 27.5 Å². The molecule has 0 aliphatic heterocycles. The number of carbonyl (C=O) groups is 1. The molecule has 0 aliphatic rings. The lowest BCUT2D eigenvalue weighted by atomic mass is 10.1. The normalized spacial score (nSPS) is 10.6. The Morgan fingerprint density at radius 1 is 1.12 bits per heavy atom. The molecule has 0 saturated carbocycles. The van der Waals surface area contributed by atoms with E-state index >= 15 is 0 Å². The summed E-state index contributed by atoms with van der Waals surface area (Å²) in [7, 11) is 0. The van der Waals surface area contributed by atoms with Crippen LogP contribution in [0.5, 0.6) is 5.75 Å². The maximum Gasteiger partial charge on any atom is 0.276 e. The van der Waals surface area contributed by atoms with Gasteiger partial charge >= 0.3 is 0 Å². The average Bonchev–Trinajstić information content (AvgIpc) is 3.06. The van der Waals surface area contributed by atoms with Gasteiger partial charge in [0.15, 0.2) is 12.4 Å². The van der Waals surface area contributed by atoms with Gasteiger partial charge in [0.2, 0.25) is 0 Å². The fourth-order valence-electron chi connectivity index (χ4n) is 2.52. The first-order valence-corrected chi connectivity index (χ1v) is 8.61. The van der Waals surface area contributed by atoms with Crippen LogP contribution in [0.1, 0.15) is 27.2 Å². The predicted octanol–water partition coefficient (Wildman–Crippen LogP) is 4.75. The molecule has 0 aliphatic carbocycles. The van der Waals surface area contributed by atoms with Crippen molar-refractivity contribution >= 4 is 23.2 Å². The number of amides is 1. The van der Waals surface area contributed by atoms with E-state index in [9.17, 15) is 4.79 Å². The monoisotopic (exact) mass is 369 g/mol. The second kappa shape index (κ2) is 7.62. The Balaban J connectivity index is 1.65. The smallest absolute Gasteiger partial charge is 0.276 e. The molecule has 134 valence electrons. The zero-order chi connectivity index (χ0) is 18.7. The number of anilines is 1. The molecule has 2 aromatic carbocycles. The third kappa shape index (κ3) is 4.24. The molecule has 0 radical (unpaired) electrons. The zero-order valence-electron chi connectivity index (χ0n) is 14.9. The number of ether oxygens (including phenoxy) is 1. The van der Waals surface area contributed by atoms with Crippen molar-refractivity contribution in [2.24, 2.45) is 0 Å². The van der Waals surface area contributed by atoms with Gasteiger partial charge in [0, 0.05) is 16.9 Å². The van der Waals surface area contributed by atoms with Crippen LogP contribution in [0.15, 0.2) is 48.7 Å². The van der Waals surface area contributed by atoms with Crippen LogP contribution in [0.2, 0.25) is 5.02 Å². The highest BCUT2D eigenvalue weighted by atomic mass is 35.5. The summed E-state index contributed by atoms with van der Waals surface area (Å²) in [5.41, 5.74) is 4.16. The Kier molecular flexibility index (Phi) is 5.28. The third-order valence-corrected chi connectivity index (χ3v) is 4.24. The summed E-state index contributed by atoms with van der Waals surface area (Å²) in [5, 5.41) is 7.84. The van der Waals surface area contributed by atoms with E-state index in [1.54, 1.807) is 23.0 Å².